The largest absolute Gasteiger partial charge is 0.393 e. The van der Waals surface area contributed by atoms with Crippen molar-refractivity contribution >= 4 is 23.5 Å². The second-order valence-corrected chi connectivity index (χ2v) is 4.84. The highest BCUT2D eigenvalue weighted by Crippen LogP contribution is 2.17. The lowest BCUT2D eigenvalue weighted by molar-refractivity contribution is 0.160. The molecule has 0 fully saturated rings. The van der Waals surface area contributed by atoms with Crippen molar-refractivity contribution in [1.82, 2.24) is 5.32 Å². The summed E-state index contributed by atoms with van der Waals surface area (Å²) >= 11 is 1.66. The predicted molar refractivity (Wildman–Crippen MR) is 76.2 cm³/mol. The van der Waals surface area contributed by atoms with Crippen molar-refractivity contribution in [3.05, 3.63) is 24.3 Å². The molecule has 0 aliphatic rings. The van der Waals surface area contributed by atoms with Gasteiger partial charge in [-0.2, -0.15) is 0 Å². The summed E-state index contributed by atoms with van der Waals surface area (Å²) in [7, 11) is 0. The molecule has 2 amide bonds. The SMILES string of the molecule is CCC(O)CCNC(=O)Nc1ccc(SC)cc1. The Labute approximate surface area is 112 Å². The first-order valence-electron chi connectivity index (χ1n) is 6.02. The van der Waals surface area contributed by atoms with Crippen LogP contribution in [0.15, 0.2) is 29.2 Å². The highest BCUT2D eigenvalue weighted by molar-refractivity contribution is 7.98. The zero-order chi connectivity index (χ0) is 13.4. The Kier molecular flexibility index (Phi) is 6.60. The van der Waals surface area contributed by atoms with Crippen LogP contribution in [0.4, 0.5) is 10.5 Å². The van der Waals surface area contributed by atoms with Gasteiger partial charge in [0.1, 0.15) is 0 Å². The van der Waals surface area contributed by atoms with Crippen molar-refractivity contribution in [2.24, 2.45) is 0 Å². The standard InChI is InChI=1S/C13H20N2O2S/c1-3-11(16)8-9-14-13(17)15-10-4-6-12(18-2)7-5-10/h4-7,11,16H,3,8-9H2,1-2H3,(H2,14,15,17). The van der Waals surface area contributed by atoms with E-state index in [1.54, 1.807) is 11.8 Å². The molecule has 0 heterocycles. The molecule has 0 aromatic heterocycles. The number of amides is 2. The molecule has 1 rings (SSSR count). The van der Waals surface area contributed by atoms with Gasteiger partial charge in [-0.3, -0.25) is 0 Å². The van der Waals surface area contributed by atoms with Gasteiger partial charge in [0.15, 0.2) is 0 Å². The second-order valence-electron chi connectivity index (χ2n) is 3.96. The van der Waals surface area contributed by atoms with Crippen LogP contribution in [0.25, 0.3) is 0 Å². The number of aliphatic hydroxyl groups is 1. The number of hydrogen-bond donors (Lipinski definition) is 3. The average molecular weight is 268 g/mol. The Morgan fingerprint density at radius 3 is 2.61 bits per heavy atom. The van der Waals surface area contributed by atoms with E-state index in [0.717, 1.165) is 10.6 Å². The topological polar surface area (TPSA) is 61.4 Å². The monoisotopic (exact) mass is 268 g/mol. The summed E-state index contributed by atoms with van der Waals surface area (Å²) in [5.74, 6) is 0. The van der Waals surface area contributed by atoms with Crippen molar-refractivity contribution in [2.45, 2.75) is 30.8 Å². The number of aliphatic hydroxyl groups excluding tert-OH is 1. The quantitative estimate of drug-likeness (QED) is 0.695. The van der Waals surface area contributed by atoms with Gasteiger partial charge in [0.05, 0.1) is 6.10 Å². The molecule has 0 spiro atoms. The summed E-state index contributed by atoms with van der Waals surface area (Å²) in [4.78, 5) is 12.7. The zero-order valence-corrected chi connectivity index (χ0v) is 11.6. The minimum atomic E-state index is -0.342. The van der Waals surface area contributed by atoms with Crippen LogP contribution in [-0.4, -0.2) is 30.0 Å². The summed E-state index contributed by atoms with van der Waals surface area (Å²) in [6, 6.07) is 7.41. The molecule has 1 aromatic carbocycles. The minimum Gasteiger partial charge on any atom is -0.393 e. The molecular formula is C13H20N2O2S. The molecule has 0 saturated carbocycles. The fourth-order valence-corrected chi connectivity index (χ4v) is 1.81. The van der Waals surface area contributed by atoms with Crippen LogP contribution in [0.5, 0.6) is 0 Å². The van der Waals surface area contributed by atoms with E-state index in [1.165, 1.54) is 0 Å². The normalized spacial score (nSPS) is 11.9. The molecule has 4 nitrogen and oxygen atoms in total. The summed E-state index contributed by atoms with van der Waals surface area (Å²) in [5, 5.41) is 14.8. The molecule has 0 radical (unpaired) electrons. The fourth-order valence-electron chi connectivity index (χ4n) is 1.41. The Morgan fingerprint density at radius 2 is 2.06 bits per heavy atom. The first kappa shape index (κ1) is 14.9. The van der Waals surface area contributed by atoms with Gasteiger partial charge in [0.25, 0.3) is 0 Å². The second kappa shape index (κ2) is 8.00. The molecule has 0 bridgehead atoms. The Morgan fingerprint density at radius 1 is 1.39 bits per heavy atom. The maximum atomic E-state index is 11.5. The molecule has 18 heavy (non-hydrogen) atoms. The fraction of sp³-hybridized carbons (Fsp3) is 0.462. The third-order valence-corrected chi connectivity index (χ3v) is 3.33. The van der Waals surface area contributed by atoms with E-state index in [4.69, 9.17) is 0 Å². The lowest BCUT2D eigenvalue weighted by atomic mass is 10.2. The summed E-state index contributed by atoms with van der Waals surface area (Å²) < 4.78 is 0. The number of nitrogens with one attached hydrogen (secondary N) is 2. The van der Waals surface area contributed by atoms with E-state index in [1.807, 2.05) is 37.4 Å². The molecule has 5 heteroatoms. The zero-order valence-electron chi connectivity index (χ0n) is 10.8. The van der Waals surface area contributed by atoms with Gasteiger partial charge in [-0.15, -0.1) is 11.8 Å². The first-order chi connectivity index (χ1) is 8.65. The lowest BCUT2D eigenvalue weighted by Crippen LogP contribution is -2.31. The van der Waals surface area contributed by atoms with E-state index >= 15 is 0 Å². The van der Waals surface area contributed by atoms with Gasteiger partial charge in [-0.25, -0.2) is 4.79 Å². The number of rotatable bonds is 6. The lowest BCUT2D eigenvalue weighted by Gasteiger charge is -2.10. The number of anilines is 1. The molecule has 0 aliphatic heterocycles. The molecule has 0 aliphatic carbocycles. The van der Waals surface area contributed by atoms with E-state index in [2.05, 4.69) is 10.6 Å². The smallest absolute Gasteiger partial charge is 0.319 e. The van der Waals surface area contributed by atoms with Gasteiger partial charge >= 0.3 is 6.03 Å². The van der Waals surface area contributed by atoms with Crippen LogP contribution in [0.1, 0.15) is 19.8 Å². The number of urea groups is 1. The van der Waals surface area contributed by atoms with Gasteiger partial charge in [-0.05, 0) is 43.4 Å². The predicted octanol–water partition coefficient (Wildman–Crippen LogP) is 2.69. The third kappa shape index (κ3) is 5.42. The highest BCUT2D eigenvalue weighted by atomic mass is 32.2. The van der Waals surface area contributed by atoms with Gasteiger partial charge in [-0.1, -0.05) is 6.92 Å². The summed E-state index contributed by atoms with van der Waals surface area (Å²) in [6.07, 6.45) is 2.95. The van der Waals surface area contributed by atoms with Crippen LogP contribution in [0.3, 0.4) is 0 Å². The highest BCUT2D eigenvalue weighted by Gasteiger charge is 2.03. The summed E-state index contributed by atoms with van der Waals surface area (Å²) in [5.41, 5.74) is 0.765. The molecule has 1 atom stereocenters. The number of carbonyl (C=O) groups is 1. The van der Waals surface area contributed by atoms with Gasteiger partial charge in [0.2, 0.25) is 0 Å². The van der Waals surface area contributed by atoms with Gasteiger partial charge < -0.3 is 15.7 Å². The molecule has 0 saturated heterocycles. The average Bonchev–Trinajstić information content (AvgIpc) is 2.39. The van der Waals surface area contributed by atoms with E-state index < -0.39 is 0 Å². The van der Waals surface area contributed by atoms with Crippen molar-refractivity contribution in [3.63, 3.8) is 0 Å². The summed E-state index contributed by atoms with van der Waals surface area (Å²) in [6.45, 7) is 2.39. The van der Waals surface area contributed by atoms with E-state index in [0.29, 0.717) is 19.4 Å². The molecule has 1 unspecified atom stereocenters. The van der Waals surface area contributed by atoms with Crippen LogP contribution in [0.2, 0.25) is 0 Å². The Bertz CT molecular complexity index is 368. The van der Waals surface area contributed by atoms with Gasteiger partial charge in [0, 0.05) is 17.1 Å². The number of hydrogen-bond acceptors (Lipinski definition) is 3. The van der Waals surface area contributed by atoms with Crippen LogP contribution < -0.4 is 10.6 Å². The van der Waals surface area contributed by atoms with Crippen molar-refractivity contribution in [1.29, 1.82) is 0 Å². The first-order valence-corrected chi connectivity index (χ1v) is 7.25. The number of carbonyl (C=O) groups excluding carboxylic acids is 1. The minimum absolute atomic E-state index is 0.241. The molecule has 3 N–H and O–H groups in total. The number of benzene rings is 1. The van der Waals surface area contributed by atoms with Crippen molar-refractivity contribution in [3.8, 4) is 0 Å². The van der Waals surface area contributed by atoms with Crippen LogP contribution >= 0.6 is 11.8 Å². The number of thioether (sulfide) groups is 1. The molecule has 1 aromatic rings. The van der Waals surface area contributed by atoms with Crippen LogP contribution in [-0.2, 0) is 0 Å². The Hall–Kier alpha value is -1.20. The van der Waals surface area contributed by atoms with Crippen molar-refractivity contribution < 1.29 is 9.90 Å². The van der Waals surface area contributed by atoms with Crippen molar-refractivity contribution in [2.75, 3.05) is 18.1 Å². The maximum absolute atomic E-state index is 11.5. The molecule has 100 valence electrons. The van der Waals surface area contributed by atoms with E-state index in [-0.39, 0.29) is 12.1 Å². The third-order valence-electron chi connectivity index (χ3n) is 2.58. The van der Waals surface area contributed by atoms with E-state index in [9.17, 15) is 9.90 Å². The maximum Gasteiger partial charge on any atom is 0.319 e. The molecular weight excluding hydrogens is 248 g/mol. The van der Waals surface area contributed by atoms with Crippen LogP contribution in [0, 0.1) is 0 Å². The Balaban J connectivity index is 2.30.